The average Bonchev–Trinajstić information content (AvgIpc) is 2.56. The van der Waals surface area contributed by atoms with E-state index in [1.807, 2.05) is 73.7 Å². The first-order chi connectivity index (χ1) is 11.1. The lowest BCUT2D eigenvalue weighted by molar-refractivity contribution is -0.137. The Labute approximate surface area is 135 Å². The van der Waals surface area contributed by atoms with Gasteiger partial charge in [0.25, 0.3) is 0 Å². The second kappa shape index (κ2) is 6.53. The molecule has 0 saturated carbocycles. The van der Waals surface area contributed by atoms with E-state index in [2.05, 4.69) is 5.32 Å². The first-order valence-corrected chi connectivity index (χ1v) is 7.66. The molecule has 0 aliphatic carbocycles. The highest BCUT2D eigenvalue weighted by atomic mass is 16.4. The molecule has 2 N–H and O–H groups in total. The van der Waals surface area contributed by atoms with Crippen LogP contribution in [-0.2, 0) is 11.2 Å². The molecule has 0 radical (unpaired) electrons. The third kappa shape index (κ3) is 3.51. The molecule has 0 unspecified atom stereocenters. The van der Waals surface area contributed by atoms with Gasteiger partial charge in [-0.15, -0.1) is 0 Å². The number of rotatable bonds is 5. The molecule has 1 atom stereocenters. The summed E-state index contributed by atoms with van der Waals surface area (Å²) in [6, 6.07) is 21.2. The molecule has 0 aliphatic heterocycles. The first kappa shape index (κ1) is 15.1. The zero-order chi connectivity index (χ0) is 16.2. The van der Waals surface area contributed by atoms with Gasteiger partial charge in [0.1, 0.15) is 6.04 Å². The van der Waals surface area contributed by atoms with Crippen LogP contribution in [0.3, 0.4) is 0 Å². The third-order valence-corrected chi connectivity index (χ3v) is 3.99. The molecule has 3 nitrogen and oxygen atoms in total. The van der Waals surface area contributed by atoms with Crippen LogP contribution in [0, 0.1) is 6.92 Å². The molecule has 0 spiro atoms. The molecule has 0 heterocycles. The fraction of sp³-hybridized carbons (Fsp3) is 0.150. The SMILES string of the molecule is Cc1ccc(N[C@@H](Cc2cccc3ccccc23)C(=O)O)cc1. The highest BCUT2D eigenvalue weighted by molar-refractivity contribution is 5.87. The summed E-state index contributed by atoms with van der Waals surface area (Å²) in [7, 11) is 0. The van der Waals surface area contributed by atoms with Gasteiger partial charge in [0, 0.05) is 12.1 Å². The molecule has 0 aromatic heterocycles. The lowest BCUT2D eigenvalue weighted by atomic mass is 9.98. The van der Waals surface area contributed by atoms with Crippen LogP contribution in [0.1, 0.15) is 11.1 Å². The third-order valence-electron chi connectivity index (χ3n) is 3.99. The smallest absolute Gasteiger partial charge is 0.326 e. The van der Waals surface area contributed by atoms with Crippen molar-refractivity contribution in [2.75, 3.05) is 5.32 Å². The first-order valence-electron chi connectivity index (χ1n) is 7.66. The van der Waals surface area contributed by atoms with Crippen LogP contribution in [0.5, 0.6) is 0 Å². The van der Waals surface area contributed by atoms with Crippen LogP contribution in [0.25, 0.3) is 10.8 Å². The minimum absolute atomic E-state index is 0.435. The van der Waals surface area contributed by atoms with Crippen LogP contribution in [0.15, 0.2) is 66.7 Å². The normalized spacial score (nSPS) is 12.0. The monoisotopic (exact) mass is 305 g/mol. The lowest BCUT2D eigenvalue weighted by Crippen LogP contribution is -2.31. The van der Waals surface area contributed by atoms with E-state index in [9.17, 15) is 9.90 Å². The molecular formula is C20H19NO2. The van der Waals surface area contributed by atoms with Gasteiger partial charge in [0.05, 0.1) is 0 Å². The number of fused-ring (bicyclic) bond motifs is 1. The largest absolute Gasteiger partial charge is 0.480 e. The lowest BCUT2D eigenvalue weighted by Gasteiger charge is -2.17. The number of nitrogens with one attached hydrogen (secondary N) is 1. The summed E-state index contributed by atoms with van der Waals surface area (Å²) in [6.07, 6.45) is 0.435. The predicted octanol–water partition coefficient (Wildman–Crippen LogP) is 4.26. The van der Waals surface area contributed by atoms with Gasteiger partial charge in [0.2, 0.25) is 0 Å². The van der Waals surface area contributed by atoms with Gasteiger partial charge < -0.3 is 10.4 Å². The van der Waals surface area contributed by atoms with Crippen molar-refractivity contribution in [3.63, 3.8) is 0 Å². The fourth-order valence-corrected chi connectivity index (χ4v) is 2.74. The van der Waals surface area contributed by atoms with Crippen LogP contribution in [-0.4, -0.2) is 17.1 Å². The number of carbonyl (C=O) groups is 1. The van der Waals surface area contributed by atoms with Gasteiger partial charge in [-0.1, -0.05) is 60.2 Å². The van der Waals surface area contributed by atoms with Crippen molar-refractivity contribution in [1.29, 1.82) is 0 Å². The molecule has 0 amide bonds. The number of hydrogen-bond donors (Lipinski definition) is 2. The Kier molecular flexibility index (Phi) is 4.29. The Morgan fingerprint density at radius 1 is 1.00 bits per heavy atom. The van der Waals surface area contributed by atoms with Gasteiger partial charge in [-0.2, -0.15) is 0 Å². The van der Waals surface area contributed by atoms with E-state index < -0.39 is 12.0 Å². The zero-order valence-electron chi connectivity index (χ0n) is 13.0. The summed E-state index contributed by atoms with van der Waals surface area (Å²) in [5, 5.41) is 14.9. The van der Waals surface area contributed by atoms with Crippen LogP contribution < -0.4 is 5.32 Å². The second-order valence-electron chi connectivity index (χ2n) is 5.74. The van der Waals surface area contributed by atoms with Gasteiger partial charge in [-0.25, -0.2) is 4.79 Å². The van der Waals surface area contributed by atoms with E-state index in [0.29, 0.717) is 6.42 Å². The summed E-state index contributed by atoms with van der Waals surface area (Å²) in [4.78, 5) is 11.6. The van der Waals surface area contributed by atoms with Crippen molar-refractivity contribution in [3.05, 3.63) is 77.9 Å². The quantitative estimate of drug-likeness (QED) is 0.740. The Hall–Kier alpha value is -2.81. The molecule has 0 aliphatic rings. The highest BCUT2D eigenvalue weighted by Crippen LogP contribution is 2.21. The number of hydrogen-bond acceptors (Lipinski definition) is 2. The van der Waals surface area contributed by atoms with E-state index in [0.717, 1.165) is 27.6 Å². The van der Waals surface area contributed by atoms with E-state index in [4.69, 9.17) is 0 Å². The summed E-state index contributed by atoms with van der Waals surface area (Å²) in [6.45, 7) is 2.01. The highest BCUT2D eigenvalue weighted by Gasteiger charge is 2.18. The van der Waals surface area contributed by atoms with E-state index in [1.165, 1.54) is 0 Å². The van der Waals surface area contributed by atoms with Crippen LogP contribution in [0.4, 0.5) is 5.69 Å². The maximum Gasteiger partial charge on any atom is 0.326 e. The minimum Gasteiger partial charge on any atom is -0.480 e. The minimum atomic E-state index is -0.849. The number of carboxylic acids is 1. The van der Waals surface area contributed by atoms with E-state index >= 15 is 0 Å². The summed E-state index contributed by atoms with van der Waals surface area (Å²) < 4.78 is 0. The maximum atomic E-state index is 11.6. The number of carboxylic acid groups (broad SMARTS) is 1. The van der Waals surface area contributed by atoms with Crippen molar-refractivity contribution >= 4 is 22.4 Å². The Morgan fingerprint density at radius 3 is 2.43 bits per heavy atom. The molecule has 23 heavy (non-hydrogen) atoms. The standard InChI is InChI=1S/C20H19NO2/c1-14-9-11-17(12-10-14)21-19(20(22)23)13-16-7-4-6-15-5-2-3-8-18(15)16/h2-12,19,21H,13H2,1H3,(H,22,23)/t19-/m0/s1. The molecule has 3 rings (SSSR count). The molecular weight excluding hydrogens is 286 g/mol. The molecule has 3 heteroatoms. The molecule has 0 fully saturated rings. The van der Waals surface area contributed by atoms with Crippen molar-refractivity contribution < 1.29 is 9.90 Å². The maximum absolute atomic E-state index is 11.6. The van der Waals surface area contributed by atoms with Crippen molar-refractivity contribution in [1.82, 2.24) is 0 Å². The molecule has 0 bridgehead atoms. The fourth-order valence-electron chi connectivity index (χ4n) is 2.74. The van der Waals surface area contributed by atoms with Crippen molar-refractivity contribution in [2.24, 2.45) is 0 Å². The Balaban J connectivity index is 1.87. The van der Waals surface area contributed by atoms with Crippen molar-refractivity contribution in [3.8, 4) is 0 Å². The second-order valence-corrected chi connectivity index (χ2v) is 5.74. The van der Waals surface area contributed by atoms with E-state index in [-0.39, 0.29) is 0 Å². The molecule has 116 valence electrons. The predicted molar refractivity (Wildman–Crippen MR) is 93.9 cm³/mol. The zero-order valence-corrected chi connectivity index (χ0v) is 13.0. The van der Waals surface area contributed by atoms with E-state index in [1.54, 1.807) is 0 Å². The Morgan fingerprint density at radius 2 is 1.70 bits per heavy atom. The number of aryl methyl sites for hydroxylation is 1. The Bertz CT molecular complexity index is 819. The van der Waals surface area contributed by atoms with Crippen LogP contribution in [0.2, 0.25) is 0 Å². The van der Waals surface area contributed by atoms with Crippen molar-refractivity contribution in [2.45, 2.75) is 19.4 Å². The summed E-state index contributed by atoms with van der Waals surface area (Å²) >= 11 is 0. The molecule has 3 aromatic carbocycles. The van der Waals surface area contributed by atoms with Gasteiger partial charge in [-0.3, -0.25) is 0 Å². The number of anilines is 1. The number of benzene rings is 3. The average molecular weight is 305 g/mol. The van der Waals surface area contributed by atoms with Gasteiger partial charge in [-0.05, 0) is 35.4 Å². The van der Waals surface area contributed by atoms with Gasteiger partial charge in [0.15, 0.2) is 0 Å². The number of aliphatic carboxylic acids is 1. The summed E-state index contributed by atoms with van der Waals surface area (Å²) in [5.41, 5.74) is 3.01. The van der Waals surface area contributed by atoms with Gasteiger partial charge >= 0.3 is 5.97 Å². The molecule has 3 aromatic rings. The summed E-state index contributed by atoms with van der Waals surface area (Å²) in [5.74, 6) is -0.849. The molecule has 0 saturated heterocycles. The topological polar surface area (TPSA) is 49.3 Å². The van der Waals surface area contributed by atoms with Crippen LogP contribution >= 0.6 is 0 Å².